The number of esters is 1. The highest BCUT2D eigenvalue weighted by atomic mass is 16.5. The van der Waals surface area contributed by atoms with Crippen LogP contribution in [0.3, 0.4) is 0 Å². The second kappa shape index (κ2) is 39.9. The zero-order chi connectivity index (χ0) is 37.3. The molecule has 51 heavy (non-hydrogen) atoms. The van der Waals surface area contributed by atoms with Gasteiger partial charge in [0, 0.05) is 12.8 Å². The number of hydrogen-bond acceptors (Lipinski definition) is 4. The number of aliphatic carboxylic acids is 1. The number of allylic oxidation sites excluding steroid dienone is 9. The van der Waals surface area contributed by atoms with Gasteiger partial charge in [0.25, 0.3) is 0 Å². The fourth-order valence-corrected chi connectivity index (χ4v) is 5.75. The normalized spacial score (nSPS) is 12.7. The lowest BCUT2D eigenvalue weighted by atomic mass is 10.1. The summed E-state index contributed by atoms with van der Waals surface area (Å²) in [4.78, 5) is 34.9. The molecule has 0 aliphatic heterocycles. The number of rotatable bonds is 37. The van der Waals surface area contributed by atoms with Gasteiger partial charge in [-0.05, 0) is 83.1 Å². The van der Waals surface area contributed by atoms with Crippen molar-refractivity contribution in [3.63, 3.8) is 0 Å². The summed E-state index contributed by atoms with van der Waals surface area (Å²) >= 11 is 0. The third-order valence-electron chi connectivity index (χ3n) is 8.90. The van der Waals surface area contributed by atoms with Crippen molar-refractivity contribution in [2.24, 2.45) is 0 Å². The van der Waals surface area contributed by atoms with Gasteiger partial charge in [0.15, 0.2) is 0 Å². The average molecular weight is 712 g/mol. The Morgan fingerprint density at radius 1 is 0.529 bits per heavy atom. The molecule has 0 radical (unpaired) electrons. The van der Waals surface area contributed by atoms with E-state index < -0.39 is 5.97 Å². The van der Waals surface area contributed by atoms with Gasteiger partial charge in [-0.1, -0.05) is 158 Å². The highest BCUT2D eigenvalue weighted by molar-refractivity contribution is 5.80. The first-order valence-electron chi connectivity index (χ1n) is 20.9. The van der Waals surface area contributed by atoms with Crippen molar-refractivity contribution >= 4 is 17.8 Å². The predicted molar refractivity (Wildman–Crippen MR) is 217 cm³/mol. The van der Waals surface area contributed by atoms with E-state index in [1.165, 1.54) is 96.3 Å². The number of ether oxygens (including phenoxy) is 1. The fraction of sp³-hybridized carbons (Fsp3) is 0.711. The van der Waals surface area contributed by atoms with E-state index in [2.05, 4.69) is 73.8 Å². The summed E-state index contributed by atoms with van der Waals surface area (Å²) in [6, 6.07) is 0. The Bertz CT molecular complexity index is 964. The van der Waals surface area contributed by atoms with E-state index in [-0.39, 0.29) is 24.5 Å². The summed E-state index contributed by atoms with van der Waals surface area (Å²) in [6.45, 7) is 4.13. The first kappa shape index (κ1) is 48.1. The molecule has 0 aromatic carbocycles. The Morgan fingerprint density at radius 2 is 0.980 bits per heavy atom. The van der Waals surface area contributed by atoms with Crippen LogP contribution in [0, 0.1) is 0 Å². The fourth-order valence-electron chi connectivity index (χ4n) is 5.75. The molecule has 1 unspecified atom stereocenters. The summed E-state index contributed by atoms with van der Waals surface area (Å²) < 4.78 is 5.86. The van der Waals surface area contributed by atoms with Crippen molar-refractivity contribution < 1.29 is 24.2 Å². The van der Waals surface area contributed by atoms with Crippen LogP contribution in [0.2, 0.25) is 0 Å². The number of carboxylic acid groups (broad SMARTS) is 1. The Labute approximate surface area is 313 Å². The molecule has 6 heteroatoms. The standard InChI is InChI=1S/C45H77NO5/c1-3-5-7-9-11-12-13-14-15-16-17-18-19-20-21-22-23-24-25-26-28-30-36-40-45(50)51-42(37-33-29-27-10-8-6-4-2)38-34-31-32-35-39-43(47)46-41-44(48)49/h10,13-14,16-17,19-20,27,33,37,42H,3-9,11-12,15,18,21-26,28-32,34-36,38-41H2,1-2H3,(H,46,47)(H,48,49)/b14-13-,17-16-,20-19-,27-10-,37-33-. The van der Waals surface area contributed by atoms with Crippen molar-refractivity contribution in [2.75, 3.05) is 6.54 Å². The molecule has 0 bridgehead atoms. The Kier molecular flexibility index (Phi) is 37.6. The van der Waals surface area contributed by atoms with E-state index in [0.29, 0.717) is 12.8 Å². The maximum absolute atomic E-state index is 12.6. The quantitative estimate of drug-likeness (QED) is 0.0380. The Morgan fingerprint density at radius 3 is 1.55 bits per heavy atom. The van der Waals surface area contributed by atoms with E-state index >= 15 is 0 Å². The second-order valence-corrected chi connectivity index (χ2v) is 13.9. The molecular formula is C45H77NO5. The first-order valence-corrected chi connectivity index (χ1v) is 20.9. The SMILES string of the molecule is CCCC/C=C\C/C=C\C(CCCCCCC(=O)NCC(=O)O)OC(=O)CCCCCCCCCC/C=C\C/C=C\C/C=C\CCCCCCC. The molecule has 0 rings (SSSR count). The van der Waals surface area contributed by atoms with Crippen LogP contribution in [0.1, 0.15) is 194 Å². The van der Waals surface area contributed by atoms with Gasteiger partial charge < -0.3 is 15.2 Å². The lowest BCUT2D eigenvalue weighted by Crippen LogP contribution is -2.28. The van der Waals surface area contributed by atoms with Crippen molar-refractivity contribution in [1.82, 2.24) is 5.32 Å². The van der Waals surface area contributed by atoms with Gasteiger partial charge in [-0.3, -0.25) is 14.4 Å². The summed E-state index contributed by atoms with van der Waals surface area (Å²) in [5.74, 6) is -1.36. The van der Waals surface area contributed by atoms with E-state index in [0.717, 1.165) is 70.6 Å². The molecule has 0 saturated heterocycles. The van der Waals surface area contributed by atoms with Gasteiger partial charge in [-0.2, -0.15) is 0 Å². The third kappa shape index (κ3) is 39.7. The van der Waals surface area contributed by atoms with E-state index in [1.807, 2.05) is 6.08 Å². The molecule has 0 aliphatic carbocycles. The summed E-state index contributed by atoms with van der Waals surface area (Å²) in [6.07, 6.45) is 52.3. The molecule has 1 amide bonds. The van der Waals surface area contributed by atoms with Crippen LogP contribution in [0.25, 0.3) is 0 Å². The molecule has 0 aromatic heterocycles. The monoisotopic (exact) mass is 712 g/mol. The zero-order valence-corrected chi connectivity index (χ0v) is 32.9. The Hall–Kier alpha value is -2.89. The number of carboxylic acids is 1. The van der Waals surface area contributed by atoms with Crippen LogP contribution >= 0.6 is 0 Å². The maximum atomic E-state index is 12.6. The lowest BCUT2D eigenvalue weighted by molar-refractivity contribution is -0.147. The highest BCUT2D eigenvalue weighted by Gasteiger charge is 2.12. The number of unbranched alkanes of at least 4 members (excludes halogenated alkanes) is 18. The van der Waals surface area contributed by atoms with Crippen LogP contribution in [0.5, 0.6) is 0 Å². The largest absolute Gasteiger partial charge is 0.480 e. The molecule has 0 heterocycles. The van der Waals surface area contributed by atoms with Crippen LogP contribution in [-0.2, 0) is 19.1 Å². The Balaban J connectivity index is 4.00. The van der Waals surface area contributed by atoms with Crippen LogP contribution in [0.4, 0.5) is 0 Å². The summed E-state index contributed by atoms with van der Waals surface area (Å²) in [5.41, 5.74) is 0. The summed E-state index contributed by atoms with van der Waals surface area (Å²) in [5, 5.41) is 11.1. The first-order chi connectivity index (χ1) is 25.0. The third-order valence-corrected chi connectivity index (χ3v) is 8.90. The van der Waals surface area contributed by atoms with Crippen molar-refractivity contribution in [3.05, 3.63) is 60.8 Å². The minimum Gasteiger partial charge on any atom is -0.480 e. The molecule has 0 saturated carbocycles. The predicted octanol–water partition coefficient (Wildman–Crippen LogP) is 12.8. The van der Waals surface area contributed by atoms with Gasteiger partial charge >= 0.3 is 11.9 Å². The van der Waals surface area contributed by atoms with Crippen molar-refractivity contribution in [3.8, 4) is 0 Å². The molecule has 1 atom stereocenters. The highest BCUT2D eigenvalue weighted by Crippen LogP contribution is 2.15. The van der Waals surface area contributed by atoms with Gasteiger partial charge in [0.2, 0.25) is 5.91 Å². The van der Waals surface area contributed by atoms with Crippen molar-refractivity contribution in [1.29, 1.82) is 0 Å². The molecular weight excluding hydrogens is 634 g/mol. The molecule has 6 nitrogen and oxygen atoms in total. The summed E-state index contributed by atoms with van der Waals surface area (Å²) in [7, 11) is 0. The molecule has 0 aromatic rings. The minimum absolute atomic E-state index is 0.109. The van der Waals surface area contributed by atoms with E-state index in [1.54, 1.807) is 0 Å². The van der Waals surface area contributed by atoms with Crippen molar-refractivity contribution in [2.45, 2.75) is 200 Å². The second-order valence-electron chi connectivity index (χ2n) is 13.9. The van der Waals surface area contributed by atoms with Gasteiger partial charge in [-0.25, -0.2) is 0 Å². The van der Waals surface area contributed by atoms with Gasteiger partial charge in [-0.15, -0.1) is 0 Å². The number of amides is 1. The van der Waals surface area contributed by atoms with E-state index in [4.69, 9.17) is 9.84 Å². The van der Waals surface area contributed by atoms with Crippen LogP contribution in [-0.4, -0.2) is 35.6 Å². The van der Waals surface area contributed by atoms with E-state index in [9.17, 15) is 14.4 Å². The number of nitrogens with one attached hydrogen (secondary N) is 1. The number of hydrogen-bond donors (Lipinski definition) is 2. The molecule has 292 valence electrons. The minimum atomic E-state index is -1.03. The van der Waals surface area contributed by atoms with Crippen LogP contribution in [0.15, 0.2) is 60.8 Å². The molecule has 0 aliphatic rings. The number of carbonyl (C=O) groups excluding carboxylic acids is 2. The lowest BCUT2D eigenvalue weighted by Gasteiger charge is -2.14. The van der Waals surface area contributed by atoms with Gasteiger partial charge in [0.05, 0.1) is 0 Å². The van der Waals surface area contributed by atoms with Crippen LogP contribution < -0.4 is 5.32 Å². The van der Waals surface area contributed by atoms with Gasteiger partial charge in [0.1, 0.15) is 12.6 Å². The number of carbonyl (C=O) groups is 3. The topological polar surface area (TPSA) is 92.7 Å². The zero-order valence-electron chi connectivity index (χ0n) is 32.9. The smallest absolute Gasteiger partial charge is 0.322 e. The molecule has 0 fully saturated rings. The maximum Gasteiger partial charge on any atom is 0.322 e. The molecule has 2 N–H and O–H groups in total. The average Bonchev–Trinajstić information content (AvgIpc) is 3.11. The molecule has 0 spiro atoms.